The second kappa shape index (κ2) is 9.53. The number of rotatable bonds is 8. The van der Waals surface area contributed by atoms with E-state index in [1.165, 1.54) is 12.0 Å². The van der Waals surface area contributed by atoms with Crippen LogP contribution in [0.3, 0.4) is 0 Å². The lowest BCUT2D eigenvalue weighted by Gasteiger charge is -2.35. The number of ether oxygens (including phenoxy) is 1. The first-order valence-corrected chi connectivity index (χ1v) is 9.93. The fourth-order valence-electron chi connectivity index (χ4n) is 3.64. The molecule has 3 rings (SSSR count). The Kier molecular flexibility index (Phi) is 6.85. The van der Waals surface area contributed by atoms with Crippen molar-refractivity contribution in [2.75, 3.05) is 13.7 Å². The number of likely N-dealkylation sites (tertiary alicyclic amines) is 1. The van der Waals surface area contributed by atoms with Crippen molar-refractivity contribution in [1.82, 2.24) is 15.1 Å². The first-order valence-electron chi connectivity index (χ1n) is 9.93. The third-order valence-corrected chi connectivity index (χ3v) is 5.27. The monoisotopic (exact) mass is 371 g/mol. The molecular weight excluding hydrogens is 342 g/mol. The van der Waals surface area contributed by atoms with Gasteiger partial charge in [-0.1, -0.05) is 19.1 Å². The first kappa shape index (κ1) is 19.4. The van der Waals surface area contributed by atoms with Gasteiger partial charge in [0, 0.05) is 31.8 Å². The van der Waals surface area contributed by atoms with E-state index >= 15 is 0 Å². The normalized spacial score (nSPS) is 17.1. The number of benzene rings is 1. The molecule has 1 atom stereocenters. The van der Waals surface area contributed by atoms with Crippen molar-refractivity contribution in [3.63, 3.8) is 0 Å². The first-order chi connectivity index (χ1) is 13.2. The van der Waals surface area contributed by atoms with Gasteiger partial charge in [0.25, 0.3) is 0 Å². The van der Waals surface area contributed by atoms with E-state index in [2.05, 4.69) is 17.1 Å². The molecule has 6 nitrogen and oxygen atoms in total. The highest BCUT2D eigenvalue weighted by atomic mass is 16.5. The lowest BCUT2D eigenvalue weighted by molar-refractivity contribution is -0.135. The zero-order valence-corrected chi connectivity index (χ0v) is 16.3. The van der Waals surface area contributed by atoms with Crippen molar-refractivity contribution in [1.29, 1.82) is 0 Å². The van der Waals surface area contributed by atoms with Crippen LogP contribution in [0.2, 0.25) is 0 Å². The van der Waals surface area contributed by atoms with E-state index in [1.54, 1.807) is 7.11 Å². The summed E-state index contributed by atoms with van der Waals surface area (Å²) >= 11 is 0. The van der Waals surface area contributed by atoms with Crippen LogP contribution < -0.4 is 4.74 Å². The van der Waals surface area contributed by atoms with Gasteiger partial charge < -0.3 is 14.1 Å². The van der Waals surface area contributed by atoms with E-state index in [-0.39, 0.29) is 5.91 Å². The van der Waals surface area contributed by atoms with Gasteiger partial charge in [-0.3, -0.25) is 4.79 Å². The number of hydrogen-bond donors (Lipinski definition) is 0. The van der Waals surface area contributed by atoms with E-state index in [0.717, 1.165) is 38.0 Å². The average Bonchev–Trinajstić information content (AvgIpc) is 3.18. The number of carbonyl (C=O) groups excluding carboxylic acids is 1. The van der Waals surface area contributed by atoms with Crippen LogP contribution in [0, 0.1) is 0 Å². The number of methoxy groups -OCH3 is 1. The van der Waals surface area contributed by atoms with Gasteiger partial charge in [-0.2, -0.15) is 0 Å². The van der Waals surface area contributed by atoms with Crippen molar-refractivity contribution in [3.05, 3.63) is 41.6 Å². The van der Waals surface area contributed by atoms with Crippen LogP contribution in [0.15, 0.2) is 28.7 Å². The number of piperidine rings is 1. The summed E-state index contributed by atoms with van der Waals surface area (Å²) in [6.07, 6.45) is 6.97. The predicted octanol–water partition coefficient (Wildman–Crippen LogP) is 3.59. The summed E-state index contributed by atoms with van der Waals surface area (Å²) in [6, 6.07) is 8.37. The quantitative estimate of drug-likeness (QED) is 0.709. The Balaban J connectivity index is 1.46. The number of carbonyl (C=O) groups is 1. The fourth-order valence-corrected chi connectivity index (χ4v) is 3.64. The summed E-state index contributed by atoms with van der Waals surface area (Å²) in [6.45, 7) is 3.04. The molecule has 1 aliphatic heterocycles. The Labute approximate surface area is 160 Å². The molecule has 1 aromatic heterocycles. The Bertz CT molecular complexity index is 727. The van der Waals surface area contributed by atoms with Crippen molar-refractivity contribution >= 4 is 5.91 Å². The summed E-state index contributed by atoms with van der Waals surface area (Å²) in [5.41, 5.74) is 1.20. The Hall–Kier alpha value is -2.37. The van der Waals surface area contributed by atoms with Crippen LogP contribution in [-0.2, 0) is 24.1 Å². The van der Waals surface area contributed by atoms with Crippen molar-refractivity contribution in [3.8, 4) is 5.75 Å². The predicted molar refractivity (Wildman–Crippen MR) is 103 cm³/mol. The minimum absolute atomic E-state index is 0.208. The molecule has 0 spiro atoms. The van der Waals surface area contributed by atoms with Gasteiger partial charge in [-0.15, -0.1) is 10.2 Å². The third kappa shape index (κ3) is 5.31. The standard InChI is InChI=1S/C21H29N3O3/c1-3-17-6-4-5-15-24(17)21(25)14-13-20-23-22-19(27-20)12-9-16-7-10-18(26-2)11-8-16/h7-8,10-11,17H,3-6,9,12-15H2,1-2H3/t17-/m0/s1. The van der Waals surface area contributed by atoms with Crippen LogP contribution in [0.5, 0.6) is 5.75 Å². The molecule has 0 radical (unpaired) electrons. The highest BCUT2D eigenvalue weighted by Crippen LogP contribution is 2.21. The Morgan fingerprint density at radius 3 is 2.59 bits per heavy atom. The van der Waals surface area contributed by atoms with E-state index in [1.807, 2.05) is 29.2 Å². The highest BCUT2D eigenvalue weighted by Gasteiger charge is 2.25. The second-order valence-electron chi connectivity index (χ2n) is 7.08. The zero-order valence-electron chi connectivity index (χ0n) is 16.3. The molecule has 1 aliphatic rings. The molecule has 146 valence electrons. The van der Waals surface area contributed by atoms with Gasteiger partial charge in [-0.25, -0.2) is 0 Å². The van der Waals surface area contributed by atoms with Crippen molar-refractivity contribution in [2.45, 2.75) is 64.3 Å². The molecule has 1 amide bonds. The van der Waals surface area contributed by atoms with Gasteiger partial charge in [0.05, 0.1) is 7.11 Å². The van der Waals surface area contributed by atoms with Gasteiger partial charge in [0.2, 0.25) is 17.7 Å². The van der Waals surface area contributed by atoms with Crippen LogP contribution in [0.1, 0.15) is 56.4 Å². The molecule has 6 heteroatoms. The molecule has 1 saturated heterocycles. The maximum absolute atomic E-state index is 12.5. The summed E-state index contributed by atoms with van der Waals surface area (Å²) in [5.74, 6) is 2.23. The highest BCUT2D eigenvalue weighted by molar-refractivity contribution is 5.76. The molecule has 0 saturated carbocycles. The lowest BCUT2D eigenvalue weighted by Crippen LogP contribution is -2.43. The average molecular weight is 371 g/mol. The molecule has 0 unspecified atom stereocenters. The molecule has 0 N–H and O–H groups in total. The number of nitrogens with zero attached hydrogens (tertiary/aromatic N) is 3. The molecule has 1 aromatic carbocycles. The zero-order chi connectivity index (χ0) is 19.1. The minimum atomic E-state index is 0.208. The Morgan fingerprint density at radius 2 is 1.89 bits per heavy atom. The van der Waals surface area contributed by atoms with Gasteiger partial charge >= 0.3 is 0 Å². The molecule has 0 bridgehead atoms. The van der Waals surface area contributed by atoms with Crippen molar-refractivity contribution < 1.29 is 13.9 Å². The van der Waals surface area contributed by atoms with Crippen LogP contribution in [0.25, 0.3) is 0 Å². The van der Waals surface area contributed by atoms with Crippen molar-refractivity contribution in [2.24, 2.45) is 0 Å². The molecule has 2 aromatic rings. The van der Waals surface area contributed by atoms with Crippen LogP contribution in [0.4, 0.5) is 0 Å². The minimum Gasteiger partial charge on any atom is -0.497 e. The number of hydrogen-bond acceptors (Lipinski definition) is 5. The summed E-state index contributed by atoms with van der Waals surface area (Å²) in [7, 11) is 1.66. The number of amides is 1. The molecular formula is C21H29N3O3. The van der Waals surface area contributed by atoms with Gasteiger partial charge in [0.1, 0.15) is 5.75 Å². The molecule has 1 fully saturated rings. The maximum atomic E-state index is 12.5. The SMILES string of the molecule is CC[C@H]1CCCCN1C(=O)CCc1nnc(CCc2ccc(OC)cc2)o1. The lowest BCUT2D eigenvalue weighted by atomic mass is 9.99. The number of aryl methyl sites for hydroxylation is 3. The summed E-state index contributed by atoms with van der Waals surface area (Å²) in [4.78, 5) is 14.6. The molecule has 2 heterocycles. The summed E-state index contributed by atoms with van der Waals surface area (Å²) in [5, 5.41) is 8.23. The smallest absolute Gasteiger partial charge is 0.223 e. The van der Waals surface area contributed by atoms with E-state index in [4.69, 9.17) is 9.15 Å². The van der Waals surface area contributed by atoms with E-state index in [0.29, 0.717) is 37.1 Å². The van der Waals surface area contributed by atoms with Gasteiger partial charge in [0.15, 0.2) is 0 Å². The third-order valence-electron chi connectivity index (χ3n) is 5.27. The number of aromatic nitrogens is 2. The second-order valence-corrected chi connectivity index (χ2v) is 7.08. The van der Waals surface area contributed by atoms with E-state index in [9.17, 15) is 4.79 Å². The van der Waals surface area contributed by atoms with Crippen LogP contribution in [-0.4, -0.2) is 40.7 Å². The van der Waals surface area contributed by atoms with E-state index < -0.39 is 0 Å². The van der Waals surface area contributed by atoms with Gasteiger partial charge in [-0.05, 0) is 49.8 Å². The Morgan fingerprint density at radius 1 is 1.15 bits per heavy atom. The fraction of sp³-hybridized carbons (Fsp3) is 0.571. The summed E-state index contributed by atoms with van der Waals surface area (Å²) < 4.78 is 10.9. The molecule has 27 heavy (non-hydrogen) atoms. The van der Waals surface area contributed by atoms with Crippen LogP contribution >= 0.6 is 0 Å². The maximum Gasteiger partial charge on any atom is 0.223 e. The molecule has 0 aliphatic carbocycles. The topological polar surface area (TPSA) is 68.5 Å². The largest absolute Gasteiger partial charge is 0.497 e.